The number of aromatic nitrogens is 3. The number of likely N-dealkylation sites (N-methyl/N-ethyl adjacent to an activating group) is 1. The lowest BCUT2D eigenvalue weighted by Crippen LogP contribution is -2.49. The Labute approximate surface area is 222 Å². The van der Waals surface area contributed by atoms with E-state index < -0.39 is 23.6 Å². The normalized spacial score (nSPS) is 20.8. The average molecular weight is 528 g/mol. The van der Waals surface area contributed by atoms with E-state index in [-0.39, 0.29) is 37.2 Å². The van der Waals surface area contributed by atoms with Crippen LogP contribution in [0.5, 0.6) is 0 Å². The van der Waals surface area contributed by atoms with E-state index in [4.69, 9.17) is 4.74 Å². The van der Waals surface area contributed by atoms with Crippen LogP contribution >= 0.6 is 0 Å². The molecule has 12 heteroatoms. The van der Waals surface area contributed by atoms with Crippen LogP contribution in [0.25, 0.3) is 11.3 Å². The maximum Gasteiger partial charge on any atom is 0.248 e. The fourth-order valence-corrected chi connectivity index (χ4v) is 4.94. The number of hydrogen-bond donors (Lipinski definition) is 3. The topological polar surface area (TPSA) is 142 Å². The molecule has 3 heterocycles. The highest BCUT2D eigenvalue weighted by atomic mass is 16.5. The van der Waals surface area contributed by atoms with Crippen LogP contribution in [0.3, 0.4) is 0 Å². The lowest BCUT2D eigenvalue weighted by Gasteiger charge is -2.34. The van der Waals surface area contributed by atoms with E-state index in [1.165, 1.54) is 16.6 Å². The van der Waals surface area contributed by atoms with Gasteiger partial charge < -0.3 is 30.3 Å². The van der Waals surface area contributed by atoms with Crippen LogP contribution in [0.15, 0.2) is 30.5 Å². The van der Waals surface area contributed by atoms with Crippen LogP contribution in [0.2, 0.25) is 0 Å². The lowest BCUT2D eigenvalue weighted by molar-refractivity contribution is -0.144. The summed E-state index contributed by atoms with van der Waals surface area (Å²) in [6.45, 7) is 8.33. The third kappa shape index (κ3) is 6.13. The molecule has 3 amide bonds. The van der Waals surface area contributed by atoms with Crippen LogP contribution in [0, 0.1) is 5.41 Å². The largest absolute Gasteiger partial charge is 0.391 e. The van der Waals surface area contributed by atoms with E-state index in [1.54, 1.807) is 11.1 Å². The number of nitrogens with zero attached hydrogens (tertiary/aromatic N) is 5. The quantitative estimate of drug-likeness (QED) is 0.473. The van der Waals surface area contributed by atoms with Crippen molar-refractivity contribution in [3.63, 3.8) is 0 Å². The van der Waals surface area contributed by atoms with Crippen molar-refractivity contribution in [2.45, 2.75) is 45.4 Å². The monoisotopic (exact) mass is 527 g/mol. The van der Waals surface area contributed by atoms with Crippen molar-refractivity contribution in [2.75, 3.05) is 51.8 Å². The highest BCUT2D eigenvalue weighted by molar-refractivity contribution is 5.90. The molecule has 206 valence electrons. The average Bonchev–Trinajstić information content (AvgIpc) is 3.54. The van der Waals surface area contributed by atoms with Gasteiger partial charge in [0.15, 0.2) is 0 Å². The molecule has 2 aliphatic rings. The number of nitrogens with one attached hydrogen (secondary N) is 2. The van der Waals surface area contributed by atoms with Crippen LogP contribution in [-0.4, -0.2) is 106 Å². The summed E-state index contributed by atoms with van der Waals surface area (Å²) in [5.74, 6) is -0.590. The first-order chi connectivity index (χ1) is 18.1. The number of carbonyl (C=O) groups is 3. The fourth-order valence-electron chi connectivity index (χ4n) is 4.94. The molecule has 3 N–H and O–H groups in total. The van der Waals surface area contributed by atoms with Gasteiger partial charge in [0, 0.05) is 44.4 Å². The predicted octanol–water partition coefficient (Wildman–Crippen LogP) is 0.511. The fraction of sp³-hybridized carbons (Fsp3) is 0.577. The molecule has 0 saturated carbocycles. The van der Waals surface area contributed by atoms with Crippen LogP contribution < -0.4 is 10.6 Å². The van der Waals surface area contributed by atoms with Crippen molar-refractivity contribution in [3.05, 3.63) is 30.5 Å². The second-order valence-corrected chi connectivity index (χ2v) is 10.8. The highest BCUT2D eigenvalue weighted by Crippen LogP contribution is 2.35. The molecule has 0 radical (unpaired) electrons. The maximum atomic E-state index is 13.7. The molecule has 12 nitrogen and oxygen atoms in total. The summed E-state index contributed by atoms with van der Waals surface area (Å²) in [6.07, 6.45) is 1.14. The number of ether oxygens (including phenoxy) is 1. The van der Waals surface area contributed by atoms with E-state index in [0.717, 1.165) is 11.3 Å². The number of aliphatic hydroxyl groups is 1. The number of rotatable bonds is 7. The minimum atomic E-state index is -0.765. The molecule has 0 bridgehead atoms. The molecular weight excluding hydrogens is 490 g/mol. The van der Waals surface area contributed by atoms with Crippen molar-refractivity contribution >= 4 is 23.4 Å². The number of carbonyl (C=O) groups excluding carboxylic acids is 3. The number of hydrogen-bond acceptors (Lipinski definition) is 8. The van der Waals surface area contributed by atoms with E-state index >= 15 is 0 Å². The van der Waals surface area contributed by atoms with Gasteiger partial charge in [-0.3, -0.25) is 14.4 Å². The molecule has 2 unspecified atom stereocenters. The number of benzene rings is 1. The molecular formula is C26H37N7O5. The van der Waals surface area contributed by atoms with Crippen molar-refractivity contribution in [2.24, 2.45) is 5.41 Å². The second-order valence-electron chi connectivity index (χ2n) is 10.8. The molecule has 0 spiro atoms. The van der Waals surface area contributed by atoms with Gasteiger partial charge in [-0.2, -0.15) is 0 Å². The van der Waals surface area contributed by atoms with Gasteiger partial charge >= 0.3 is 0 Å². The summed E-state index contributed by atoms with van der Waals surface area (Å²) in [5.41, 5.74) is 1.56. The first kappa shape index (κ1) is 27.5. The molecule has 2 aromatic rings. The van der Waals surface area contributed by atoms with E-state index in [0.29, 0.717) is 32.0 Å². The van der Waals surface area contributed by atoms with Gasteiger partial charge in [0.2, 0.25) is 17.7 Å². The lowest BCUT2D eigenvalue weighted by atomic mass is 9.85. The Balaban J connectivity index is 1.51. The first-order valence-electron chi connectivity index (χ1n) is 12.9. The zero-order chi connectivity index (χ0) is 27.4. The van der Waals surface area contributed by atoms with Gasteiger partial charge in [-0.25, -0.2) is 4.68 Å². The summed E-state index contributed by atoms with van der Waals surface area (Å²) < 4.78 is 6.84. The number of morpholine rings is 1. The van der Waals surface area contributed by atoms with Gasteiger partial charge in [0.05, 0.1) is 32.1 Å². The molecule has 2 saturated heterocycles. The molecule has 0 aliphatic carbocycles. The van der Waals surface area contributed by atoms with Gasteiger partial charge in [-0.15, -0.1) is 5.10 Å². The second kappa shape index (κ2) is 11.5. The molecule has 3 atom stereocenters. The summed E-state index contributed by atoms with van der Waals surface area (Å²) in [5, 5.41) is 24.6. The summed E-state index contributed by atoms with van der Waals surface area (Å²) in [4.78, 5) is 41.8. The van der Waals surface area contributed by atoms with Crippen LogP contribution in [-0.2, 0) is 19.1 Å². The van der Waals surface area contributed by atoms with Gasteiger partial charge in [0.1, 0.15) is 17.8 Å². The number of anilines is 1. The first-order valence-corrected chi connectivity index (χ1v) is 12.9. The van der Waals surface area contributed by atoms with Crippen LogP contribution in [0.4, 0.5) is 5.69 Å². The maximum absolute atomic E-state index is 13.7. The summed E-state index contributed by atoms with van der Waals surface area (Å²) in [6, 6.07) is 6.02. The van der Waals surface area contributed by atoms with Crippen molar-refractivity contribution in [1.29, 1.82) is 0 Å². The Morgan fingerprint density at radius 1 is 1.21 bits per heavy atom. The Bertz CT molecular complexity index is 1150. The molecule has 1 aromatic carbocycles. The summed E-state index contributed by atoms with van der Waals surface area (Å²) in [7, 11) is 1.52. The highest BCUT2D eigenvalue weighted by Gasteiger charge is 2.45. The van der Waals surface area contributed by atoms with Crippen molar-refractivity contribution < 1.29 is 24.2 Å². The van der Waals surface area contributed by atoms with E-state index in [1.807, 2.05) is 45.0 Å². The smallest absolute Gasteiger partial charge is 0.248 e. The third-order valence-corrected chi connectivity index (χ3v) is 6.91. The predicted molar refractivity (Wildman–Crippen MR) is 140 cm³/mol. The molecule has 38 heavy (non-hydrogen) atoms. The number of likely N-dealkylation sites (tertiary alicyclic amines) is 1. The minimum Gasteiger partial charge on any atom is -0.391 e. The minimum absolute atomic E-state index is 0.0123. The van der Waals surface area contributed by atoms with Gasteiger partial charge in [0.25, 0.3) is 0 Å². The number of amides is 3. The molecule has 2 fully saturated rings. The zero-order valence-electron chi connectivity index (χ0n) is 22.4. The Kier molecular flexibility index (Phi) is 8.32. The Morgan fingerprint density at radius 3 is 2.63 bits per heavy atom. The van der Waals surface area contributed by atoms with E-state index in [2.05, 4.69) is 20.9 Å². The van der Waals surface area contributed by atoms with Crippen molar-refractivity contribution in [3.8, 4) is 11.3 Å². The number of β-amino-alcohol motifs (C(OH)–C–C–N with tert-alkyl or cyclic N) is 1. The molecule has 4 rings (SSSR count). The molecule has 1 aromatic heterocycles. The SMILES string of the molecule is CNC(=O)C1CC(O)CN1C(=O)[C@@H](n1cc(-c2cccc(NCC(=O)N3CCOCC3)c2)nn1)C(C)(C)C. The van der Waals surface area contributed by atoms with Gasteiger partial charge in [-0.05, 0) is 17.5 Å². The third-order valence-electron chi connectivity index (χ3n) is 6.91. The van der Waals surface area contributed by atoms with Crippen molar-refractivity contribution in [1.82, 2.24) is 30.1 Å². The molecule has 2 aliphatic heterocycles. The Morgan fingerprint density at radius 2 is 1.95 bits per heavy atom. The summed E-state index contributed by atoms with van der Waals surface area (Å²) >= 11 is 0. The van der Waals surface area contributed by atoms with Gasteiger partial charge in [-0.1, -0.05) is 38.1 Å². The number of aliphatic hydroxyl groups excluding tert-OH is 1. The zero-order valence-corrected chi connectivity index (χ0v) is 22.4. The standard InChI is InChI=1S/C26H37N7O5/c1-26(2,3)23(25(37)32-15-19(34)13-21(32)24(36)27-4)33-16-20(29-30-33)17-6-5-7-18(12-17)28-14-22(35)31-8-10-38-11-9-31/h5-7,12,16,19,21,23,28,34H,8-11,13-15H2,1-4H3,(H,27,36)/t19?,21?,23-/m1/s1. The Hall–Kier alpha value is -3.51. The van der Waals surface area contributed by atoms with Crippen LogP contribution in [0.1, 0.15) is 33.2 Å². The van der Waals surface area contributed by atoms with E-state index in [9.17, 15) is 19.5 Å².